The van der Waals surface area contributed by atoms with E-state index < -0.39 is 22.0 Å². The van der Waals surface area contributed by atoms with Crippen LogP contribution in [0.4, 0.5) is 5.69 Å². The Balaban J connectivity index is 1.33. The van der Waals surface area contributed by atoms with Gasteiger partial charge in [0.1, 0.15) is 6.04 Å². The number of hydrogen-bond donors (Lipinski definition) is 3. The van der Waals surface area contributed by atoms with Crippen molar-refractivity contribution in [1.82, 2.24) is 19.4 Å². The number of carbonyl (C=O) groups is 2. The Morgan fingerprint density at radius 3 is 2.33 bits per heavy atom. The fraction of sp³-hybridized carbons (Fsp3) is 0.344. The number of hydrogen-bond acceptors (Lipinski definition) is 6. The van der Waals surface area contributed by atoms with Gasteiger partial charge in [0.25, 0.3) is 5.91 Å². The summed E-state index contributed by atoms with van der Waals surface area (Å²) in [7, 11) is -3.70. The first-order valence-electron chi connectivity index (χ1n) is 14.4. The van der Waals surface area contributed by atoms with Gasteiger partial charge in [-0.3, -0.25) is 9.59 Å². The third kappa shape index (κ3) is 6.14. The van der Waals surface area contributed by atoms with Crippen molar-refractivity contribution in [1.29, 1.82) is 0 Å². The molecule has 1 aliphatic rings. The van der Waals surface area contributed by atoms with Crippen molar-refractivity contribution in [2.45, 2.75) is 64.4 Å². The molecule has 5 rings (SSSR count). The second kappa shape index (κ2) is 11.8. The average molecular weight is 603 g/mol. The molecule has 0 bridgehead atoms. The summed E-state index contributed by atoms with van der Waals surface area (Å²) in [6.07, 6.45) is 3.11. The van der Waals surface area contributed by atoms with E-state index in [1.165, 1.54) is 0 Å². The summed E-state index contributed by atoms with van der Waals surface area (Å²) < 4.78 is 31.1. The molecular weight excluding hydrogens is 564 g/mol. The number of nitrogens with zero attached hydrogens (tertiary/aromatic N) is 3. The quantitative estimate of drug-likeness (QED) is 0.263. The van der Waals surface area contributed by atoms with Crippen molar-refractivity contribution in [3.8, 4) is 5.69 Å². The highest BCUT2D eigenvalue weighted by Crippen LogP contribution is 2.28. The zero-order valence-corrected chi connectivity index (χ0v) is 26.0. The monoisotopic (exact) mass is 602 g/mol. The Kier molecular flexibility index (Phi) is 8.31. The van der Waals surface area contributed by atoms with Gasteiger partial charge in [0.15, 0.2) is 0 Å². The number of sulfonamides is 1. The van der Waals surface area contributed by atoms with Crippen LogP contribution in [0.5, 0.6) is 0 Å². The molecule has 2 amide bonds. The van der Waals surface area contributed by atoms with E-state index in [2.05, 4.69) is 15.1 Å². The van der Waals surface area contributed by atoms with E-state index in [1.54, 1.807) is 27.9 Å². The van der Waals surface area contributed by atoms with Crippen LogP contribution in [0.15, 0.2) is 59.6 Å². The smallest absolute Gasteiger partial charge is 0.254 e. The van der Waals surface area contributed by atoms with Crippen molar-refractivity contribution in [2.75, 3.05) is 18.4 Å². The molecule has 0 aliphatic carbocycles. The molecule has 2 atom stereocenters. The first-order chi connectivity index (χ1) is 20.4. The van der Waals surface area contributed by atoms with Crippen molar-refractivity contribution in [3.05, 3.63) is 82.5 Å². The fourth-order valence-electron chi connectivity index (χ4n) is 6.05. The summed E-state index contributed by atoms with van der Waals surface area (Å²) >= 11 is 0. The van der Waals surface area contributed by atoms with Crippen LogP contribution in [0, 0.1) is 27.7 Å². The lowest BCUT2D eigenvalue weighted by atomic mass is 10.1. The molecule has 226 valence electrons. The molecule has 4 aromatic rings. The lowest BCUT2D eigenvalue weighted by molar-refractivity contribution is -0.121. The predicted octanol–water partition coefficient (Wildman–Crippen LogP) is 4.13. The molecule has 3 aromatic carbocycles. The van der Waals surface area contributed by atoms with Gasteiger partial charge in [0, 0.05) is 35.8 Å². The van der Waals surface area contributed by atoms with Gasteiger partial charge in [-0.15, -0.1) is 0 Å². The zero-order chi connectivity index (χ0) is 31.1. The summed E-state index contributed by atoms with van der Waals surface area (Å²) in [4.78, 5) is 26.7. The van der Waals surface area contributed by atoms with Crippen LogP contribution in [0.25, 0.3) is 16.6 Å². The standard InChI is InChI=1S/C32H38N6O4S/c1-19-13-21(3)30(22(4)14-19)43(41,42)36-23(5)17-34-27-15-20(2)16-29-26(27)18-35-38(29)25-10-8-24(9-11-25)32(40)37-12-6-7-28(37)31(33)39/h8-11,13-16,18,23,28,34,36H,6-7,12,17H2,1-5H3,(H2,33,39)/t23-,28?/m0/s1. The number of nitrogens with two attached hydrogens (primary N) is 1. The number of rotatable bonds is 9. The number of anilines is 1. The number of aryl methyl sites for hydroxylation is 4. The van der Waals surface area contributed by atoms with Crippen LogP contribution < -0.4 is 15.8 Å². The molecule has 43 heavy (non-hydrogen) atoms. The van der Waals surface area contributed by atoms with E-state index in [-0.39, 0.29) is 11.9 Å². The van der Waals surface area contributed by atoms with E-state index in [4.69, 9.17) is 5.73 Å². The summed E-state index contributed by atoms with van der Waals surface area (Å²) in [5.74, 6) is -0.688. The van der Waals surface area contributed by atoms with Gasteiger partial charge in [0.05, 0.1) is 22.3 Å². The zero-order valence-electron chi connectivity index (χ0n) is 25.1. The Morgan fingerprint density at radius 2 is 1.67 bits per heavy atom. The number of nitrogens with one attached hydrogen (secondary N) is 2. The van der Waals surface area contributed by atoms with Gasteiger partial charge in [0.2, 0.25) is 15.9 Å². The Morgan fingerprint density at radius 1 is 1.02 bits per heavy atom. The molecule has 0 spiro atoms. The molecule has 11 heteroatoms. The molecule has 1 aromatic heterocycles. The SMILES string of the molecule is Cc1cc(C)c(S(=O)(=O)N[C@@H](C)CNc2cc(C)cc3c2cnn3-c2ccc(C(=O)N3CCCC3C(N)=O)cc2)c(C)c1. The van der Waals surface area contributed by atoms with Crippen molar-refractivity contribution in [2.24, 2.45) is 5.73 Å². The summed E-state index contributed by atoms with van der Waals surface area (Å²) in [6, 6.07) is 14.0. The van der Waals surface area contributed by atoms with Crippen LogP contribution in [0.3, 0.4) is 0 Å². The van der Waals surface area contributed by atoms with Crippen LogP contribution in [0.2, 0.25) is 0 Å². The average Bonchev–Trinajstić information content (AvgIpc) is 3.58. The van der Waals surface area contributed by atoms with Crippen LogP contribution in [-0.4, -0.2) is 60.1 Å². The first kappa shape index (κ1) is 30.2. The minimum Gasteiger partial charge on any atom is -0.383 e. The van der Waals surface area contributed by atoms with Gasteiger partial charge in [-0.25, -0.2) is 17.8 Å². The minimum absolute atomic E-state index is 0.210. The Labute approximate surface area is 252 Å². The Bertz CT molecular complexity index is 1790. The first-order valence-corrected chi connectivity index (χ1v) is 15.9. The van der Waals surface area contributed by atoms with Crippen molar-refractivity contribution >= 4 is 38.4 Å². The van der Waals surface area contributed by atoms with Crippen LogP contribution in [-0.2, 0) is 14.8 Å². The molecule has 2 heterocycles. The predicted molar refractivity (Wildman–Crippen MR) is 168 cm³/mol. The maximum absolute atomic E-state index is 13.2. The van der Waals surface area contributed by atoms with E-state index in [1.807, 2.05) is 71.0 Å². The third-order valence-electron chi connectivity index (χ3n) is 7.86. The largest absolute Gasteiger partial charge is 0.383 e. The highest BCUT2D eigenvalue weighted by atomic mass is 32.2. The number of benzene rings is 3. The van der Waals surface area contributed by atoms with E-state index in [0.717, 1.165) is 51.0 Å². The number of amides is 2. The molecular formula is C32H38N6O4S. The number of aromatic nitrogens is 2. The van der Waals surface area contributed by atoms with E-state index in [9.17, 15) is 18.0 Å². The molecule has 0 radical (unpaired) electrons. The lowest BCUT2D eigenvalue weighted by Gasteiger charge is -2.22. The molecule has 1 saturated heterocycles. The lowest BCUT2D eigenvalue weighted by Crippen LogP contribution is -2.43. The van der Waals surface area contributed by atoms with E-state index in [0.29, 0.717) is 30.0 Å². The fourth-order valence-corrected chi connectivity index (χ4v) is 7.75. The molecule has 4 N–H and O–H groups in total. The molecule has 1 fully saturated rings. The number of likely N-dealkylation sites (tertiary alicyclic amines) is 1. The van der Waals surface area contributed by atoms with Crippen molar-refractivity contribution < 1.29 is 18.0 Å². The summed E-state index contributed by atoms with van der Waals surface area (Å²) in [5.41, 5.74) is 11.9. The molecule has 10 nitrogen and oxygen atoms in total. The number of fused-ring (bicyclic) bond motifs is 1. The topological polar surface area (TPSA) is 139 Å². The van der Waals surface area contributed by atoms with Gasteiger partial charge < -0.3 is 16.0 Å². The van der Waals surface area contributed by atoms with Gasteiger partial charge in [-0.1, -0.05) is 17.7 Å². The van der Waals surface area contributed by atoms with Crippen LogP contribution in [0.1, 0.15) is 52.4 Å². The molecule has 1 unspecified atom stereocenters. The highest BCUT2D eigenvalue weighted by molar-refractivity contribution is 7.89. The second-order valence-corrected chi connectivity index (χ2v) is 13.2. The highest BCUT2D eigenvalue weighted by Gasteiger charge is 2.33. The number of primary amides is 1. The minimum atomic E-state index is -3.70. The van der Waals surface area contributed by atoms with Gasteiger partial charge >= 0.3 is 0 Å². The van der Waals surface area contributed by atoms with Crippen molar-refractivity contribution in [3.63, 3.8) is 0 Å². The van der Waals surface area contributed by atoms with Gasteiger partial charge in [-0.2, -0.15) is 5.10 Å². The maximum Gasteiger partial charge on any atom is 0.254 e. The normalized spacial score (nSPS) is 16.0. The number of carbonyl (C=O) groups excluding carboxylic acids is 2. The van der Waals surface area contributed by atoms with Crippen LogP contribution >= 0.6 is 0 Å². The summed E-state index contributed by atoms with van der Waals surface area (Å²) in [5, 5.41) is 8.90. The summed E-state index contributed by atoms with van der Waals surface area (Å²) in [6.45, 7) is 10.3. The van der Waals surface area contributed by atoms with E-state index >= 15 is 0 Å². The molecule has 0 saturated carbocycles. The Hall–Kier alpha value is -4.22. The van der Waals surface area contributed by atoms with Gasteiger partial charge in [-0.05, 0) is 101 Å². The maximum atomic E-state index is 13.2. The second-order valence-electron chi connectivity index (χ2n) is 11.5. The molecule has 1 aliphatic heterocycles. The third-order valence-corrected chi connectivity index (χ3v) is 9.76.